The van der Waals surface area contributed by atoms with Crippen LogP contribution in [0.5, 0.6) is 0 Å². The van der Waals surface area contributed by atoms with Crippen molar-refractivity contribution < 1.29 is 8.42 Å². The van der Waals surface area contributed by atoms with Gasteiger partial charge < -0.3 is 0 Å². The van der Waals surface area contributed by atoms with Crippen LogP contribution in [-0.2, 0) is 10.0 Å². The van der Waals surface area contributed by atoms with E-state index in [9.17, 15) is 8.42 Å². The van der Waals surface area contributed by atoms with Crippen molar-refractivity contribution in [3.63, 3.8) is 0 Å². The number of hydrogen-bond acceptors (Lipinski definition) is 3. The van der Waals surface area contributed by atoms with Crippen molar-refractivity contribution in [2.24, 2.45) is 5.92 Å². The molecule has 1 saturated carbocycles. The lowest BCUT2D eigenvalue weighted by molar-refractivity contribution is 0.577. The number of nitriles is 1. The zero-order valence-corrected chi connectivity index (χ0v) is 10.6. The number of hydrogen-bond donors (Lipinski definition) is 1. The van der Waals surface area contributed by atoms with Gasteiger partial charge in [-0.25, -0.2) is 13.1 Å². The van der Waals surface area contributed by atoms with Gasteiger partial charge in [0.1, 0.15) is 6.07 Å². The SMILES string of the molecule is N#Cc1ccc(S(=O)(=O)NCC2CC2)cc1Cl. The second-order valence-corrected chi connectivity index (χ2v) is 6.22. The van der Waals surface area contributed by atoms with E-state index in [0.717, 1.165) is 12.8 Å². The van der Waals surface area contributed by atoms with E-state index >= 15 is 0 Å². The molecule has 1 N–H and O–H groups in total. The molecule has 0 heterocycles. The van der Waals surface area contributed by atoms with Crippen LogP contribution >= 0.6 is 11.6 Å². The third-order valence-corrected chi connectivity index (χ3v) is 4.36. The molecule has 1 aliphatic rings. The Balaban J connectivity index is 2.20. The first-order valence-electron chi connectivity index (χ1n) is 5.22. The summed E-state index contributed by atoms with van der Waals surface area (Å²) < 4.78 is 26.3. The van der Waals surface area contributed by atoms with Crippen molar-refractivity contribution in [1.29, 1.82) is 5.26 Å². The number of nitrogens with one attached hydrogen (secondary N) is 1. The molecule has 0 aliphatic heterocycles. The van der Waals surface area contributed by atoms with Crippen LogP contribution in [0, 0.1) is 17.2 Å². The molecule has 17 heavy (non-hydrogen) atoms. The van der Waals surface area contributed by atoms with Gasteiger partial charge in [0.2, 0.25) is 10.0 Å². The topological polar surface area (TPSA) is 70.0 Å². The van der Waals surface area contributed by atoms with Crippen LogP contribution in [0.4, 0.5) is 0 Å². The van der Waals surface area contributed by atoms with E-state index in [1.165, 1.54) is 18.2 Å². The molecule has 4 nitrogen and oxygen atoms in total. The van der Waals surface area contributed by atoms with E-state index < -0.39 is 10.0 Å². The molecule has 1 aromatic carbocycles. The summed E-state index contributed by atoms with van der Waals surface area (Å²) >= 11 is 5.80. The van der Waals surface area contributed by atoms with E-state index in [-0.39, 0.29) is 15.5 Å². The fraction of sp³-hybridized carbons (Fsp3) is 0.364. The highest BCUT2D eigenvalue weighted by molar-refractivity contribution is 7.89. The molecule has 1 fully saturated rings. The van der Waals surface area contributed by atoms with Crippen LogP contribution < -0.4 is 4.72 Å². The van der Waals surface area contributed by atoms with Crippen LogP contribution in [-0.4, -0.2) is 15.0 Å². The van der Waals surface area contributed by atoms with Crippen molar-refractivity contribution in [3.05, 3.63) is 28.8 Å². The van der Waals surface area contributed by atoms with Crippen molar-refractivity contribution >= 4 is 21.6 Å². The van der Waals surface area contributed by atoms with E-state index in [2.05, 4.69) is 4.72 Å². The molecule has 0 atom stereocenters. The number of rotatable bonds is 4. The second-order valence-electron chi connectivity index (χ2n) is 4.05. The predicted octanol–water partition coefficient (Wildman–Crippen LogP) is 1.90. The molecule has 1 aliphatic carbocycles. The minimum absolute atomic E-state index is 0.0992. The lowest BCUT2D eigenvalue weighted by Crippen LogP contribution is -2.25. The zero-order chi connectivity index (χ0) is 12.5. The summed E-state index contributed by atoms with van der Waals surface area (Å²) in [6, 6.07) is 5.99. The summed E-state index contributed by atoms with van der Waals surface area (Å²) in [6.45, 7) is 0.472. The molecule has 0 aromatic heterocycles. The van der Waals surface area contributed by atoms with Crippen LogP contribution in [0.2, 0.25) is 5.02 Å². The first-order valence-corrected chi connectivity index (χ1v) is 7.08. The van der Waals surface area contributed by atoms with Crippen molar-refractivity contribution in [1.82, 2.24) is 4.72 Å². The van der Waals surface area contributed by atoms with E-state index in [4.69, 9.17) is 16.9 Å². The Hall–Kier alpha value is -1.09. The fourth-order valence-electron chi connectivity index (χ4n) is 1.39. The molecule has 0 unspecified atom stereocenters. The Morgan fingerprint density at radius 1 is 1.47 bits per heavy atom. The van der Waals surface area contributed by atoms with Gasteiger partial charge in [0.15, 0.2) is 0 Å². The van der Waals surface area contributed by atoms with Crippen molar-refractivity contribution in [2.75, 3.05) is 6.54 Å². The first-order chi connectivity index (χ1) is 8.03. The largest absolute Gasteiger partial charge is 0.240 e. The molecular formula is C11H11ClN2O2S. The summed E-state index contributed by atoms with van der Waals surface area (Å²) in [5, 5.41) is 8.85. The van der Waals surface area contributed by atoms with E-state index in [1.807, 2.05) is 6.07 Å². The predicted molar refractivity (Wildman–Crippen MR) is 64.1 cm³/mol. The minimum Gasteiger partial charge on any atom is -0.211 e. The molecule has 0 radical (unpaired) electrons. The maximum atomic E-state index is 11.9. The van der Waals surface area contributed by atoms with Gasteiger partial charge in [-0.2, -0.15) is 5.26 Å². The van der Waals surface area contributed by atoms with Crippen molar-refractivity contribution in [3.8, 4) is 6.07 Å². The Bertz CT molecular complexity index is 574. The highest BCUT2D eigenvalue weighted by Gasteiger charge is 2.24. The van der Waals surface area contributed by atoms with Crippen LogP contribution in [0.25, 0.3) is 0 Å². The Morgan fingerprint density at radius 2 is 2.18 bits per heavy atom. The smallest absolute Gasteiger partial charge is 0.211 e. The minimum atomic E-state index is -3.51. The maximum Gasteiger partial charge on any atom is 0.240 e. The van der Waals surface area contributed by atoms with Gasteiger partial charge in [-0.15, -0.1) is 0 Å². The summed E-state index contributed by atoms with van der Waals surface area (Å²) in [4.78, 5) is 0.0992. The van der Waals surface area contributed by atoms with Gasteiger partial charge in [-0.1, -0.05) is 11.6 Å². The quantitative estimate of drug-likeness (QED) is 0.908. The molecule has 1 aromatic rings. The zero-order valence-electron chi connectivity index (χ0n) is 8.98. The highest BCUT2D eigenvalue weighted by atomic mass is 35.5. The number of benzene rings is 1. The maximum absolute atomic E-state index is 11.9. The molecule has 0 bridgehead atoms. The van der Waals surface area contributed by atoms with Gasteiger partial charge in [-0.3, -0.25) is 0 Å². The fourth-order valence-corrected chi connectivity index (χ4v) is 2.82. The summed E-state index contributed by atoms with van der Waals surface area (Å²) in [6.07, 6.45) is 2.16. The molecule has 90 valence electrons. The summed E-state index contributed by atoms with van der Waals surface area (Å²) in [5.41, 5.74) is 0.271. The van der Waals surface area contributed by atoms with Gasteiger partial charge >= 0.3 is 0 Å². The van der Waals surface area contributed by atoms with Gasteiger partial charge in [-0.05, 0) is 37.0 Å². The number of sulfonamides is 1. The highest BCUT2D eigenvalue weighted by Crippen LogP contribution is 2.28. The summed E-state index contributed by atoms with van der Waals surface area (Å²) in [7, 11) is -3.51. The molecule has 0 spiro atoms. The Labute approximate surface area is 105 Å². The van der Waals surface area contributed by atoms with Gasteiger partial charge in [0.05, 0.1) is 15.5 Å². The van der Waals surface area contributed by atoms with E-state index in [0.29, 0.717) is 12.5 Å². The molecule has 6 heteroatoms. The average molecular weight is 271 g/mol. The van der Waals surface area contributed by atoms with Crippen LogP contribution in [0.3, 0.4) is 0 Å². The second kappa shape index (κ2) is 4.65. The summed E-state index contributed by atoms with van der Waals surface area (Å²) in [5.74, 6) is 0.471. The van der Waals surface area contributed by atoms with Crippen molar-refractivity contribution in [2.45, 2.75) is 17.7 Å². The standard InChI is InChI=1S/C11H11ClN2O2S/c12-11-5-10(4-3-9(11)6-13)17(15,16)14-7-8-1-2-8/h3-5,8,14H,1-2,7H2. The molecule has 0 saturated heterocycles. The number of nitrogens with zero attached hydrogens (tertiary/aromatic N) is 1. The normalized spacial score (nSPS) is 15.5. The van der Waals surface area contributed by atoms with Gasteiger partial charge in [0.25, 0.3) is 0 Å². The Kier molecular flexibility index (Phi) is 3.38. The third kappa shape index (κ3) is 2.97. The third-order valence-electron chi connectivity index (χ3n) is 2.63. The Morgan fingerprint density at radius 3 is 2.71 bits per heavy atom. The molecule has 0 amide bonds. The van der Waals surface area contributed by atoms with Gasteiger partial charge in [0, 0.05) is 6.54 Å². The number of halogens is 1. The monoisotopic (exact) mass is 270 g/mol. The molecule has 2 rings (SSSR count). The van der Waals surface area contributed by atoms with Crippen LogP contribution in [0.1, 0.15) is 18.4 Å². The average Bonchev–Trinajstić information content (AvgIpc) is 3.10. The lowest BCUT2D eigenvalue weighted by Gasteiger charge is -2.06. The van der Waals surface area contributed by atoms with Crippen LogP contribution in [0.15, 0.2) is 23.1 Å². The lowest BCUT2D eigenvalue weighted by atomic mass is 10.2. The first kappa shape index (κ1) is 12.4. The molecular weight excluding hydrogens is 260 g/mol. The van der Waals surface area contributed by atoms with E-state index in [1.54, 1.807) is 0 Å².